The number of nitrogens with zero attached hydrogens (tertiary/aromatic N) is 1. The molecule has 1 atom stereocenters. The Balaban J connectivity index is 0.00000387. The van der Waals surface area contributed by atoms with Gasteiger partial charge in [-0.15, -0.1) is 0 Å². The maximum Gasteiger partial charge on any atom is 0.416 e. The number of allylic oxidation sites excluding steroid dienone is 1. The maximum atomic E-state index is 15.1. The van der Waals surface area contributed by atoms with Gasteiger partial charge in [0.2, 0.25) is 0 Å². The number of rotatable bonds is 7. The van der Waals surface area contributed by atoms with Crippen LogP contribution < -0.4 is 4.74 Å². The molecular formula is C33H36F5NO2. The van der Waals surface area contributed by atoms with Crippen molar-refractivity contribution in [3.8, 4) is 11.5 Å². The van der Waals surface area contributed by atoms with Gasteiger partial charge in [0.1, 0.15) is 11.9 Å². The molecule has 0 bridgehead atoms. The number of benzene rings is 3. The maximum absolute atomic E-state index is 15.1. The monoisotopic (exact) mass is 573 g/mol. The normalized spacial score (nSPS) is 17.7. The number of hydrogen-bond acceptors (Lipinski definition) is 3. The van der Waals surface area contributed by atoms with Crippen LogP contribution in [0.1, 0.15) is 66.5 Å². The molecular weight excluding hydrogens is 537 g/mol. The van der Waals surface area contributed by atoms with Gasteiger partial charge in [0.25, 0.3) is 0 Å². The average molecular weight is 574 g/mol. The molecule has 1 fully saturated rings. The van der Waals surface area contributed by atoms with Crippen LogP contribution in [0, 0.1) is 12.7 Å². The molecule has 41 heavy (non-hydrogen) atoms. The summed E-state index contributed by atoms with van der Waals surface area (Å²) in [7, 11) is 0. The molecule has 2 aliphatic rings. The molecule has 1 aliphatic carbocycles. The summed E-state index contributed by atoms with van der Waals surface area (Å²) < 4.78 is 74.0. The zero-order valence-electron chi connectivity index (χ0n) is 22.3. The Hall–Kier alpha value is -3.39. The molecule has 0 unspecified atom stereocenters. The number of aromatic hydroxyl groups is 1. The lowest BCUT2D eigenvalue weighted by molar-refractivity contribution is -0.137. The van der Waals surface area contributed by atoms with Crippen LogP contribution in [0.4, 0.5) is 22.0 Å². The molecule has 3 nitrogen and oxygen atoms in total. The van der Waals surface area contributed by atoms with E-state index in [4.69, 9.17) is 4.74 Å². The van der Waals surface area contributed by atoms with E-state index < -0.39 is 23.3 Å². The third-order valence-corrected chi connectivity index (χ3v) is 7.81. The fourth-order valence-electron chi connectivity index (χ4n) is 5.87. The van der Waals surface area contributed by atoms with Gasteiger partial charge in [-0.3, -0.25) is 9.29 Å². The molecule has 220 valence electrons. The topological polar surface area (TPSA) is 32.7 Å². The van der Waals surface area contributed by atoms with E-state index in [1.165, 1.54) is 12.1 Å². The van der Waals surface area contributed by atoms with Crippen LogP contribution in [0.25, 0.3) is 11.1 Å². The minimum atomic E-state index is -4.45. The van der Waals surface area contributed by atoms with E-state index >= 15 is 4.39 Å². The van der Waals surface area contributed by atoms with Crippen LogP contribution in [-0.2, 0) is 12.6 Å². The molecule has 1 saturated heterocycles. The van der Waals surface area contributed by atoms with E-state index in [-0.39, 0.29) is 20.2 Å². The lowest BCUT2D eigenvalue weighted by Crippen LogP contribution is -2.26. The molecule has 1 N–H and O–H groups in total. The molecule has 3 aromatic carbocycles. The summed E-state index contributed by atoms with van der Waals surface area (Å²) in [4.78, 5) is 2.19. The highest BCUT2D eigenvalue weighted by molar-refractivity contribution is 6.00. The van der Waals surface area contributed by atoms with Gasteiger partial charge in [-0.25, -0.2) is 4.39 Å². The number of aryl methyl sites for hydroxylation is 1. The zero-order chi connectivity index (χ0) is 28.4. The lowest BCUT2D eigenvalue weighted by atomic mass is 9.86. The standard InChI is InChI=1S/C32H32F5NO2.CH4/c1-20-18-22(32(35,36)37)8-11-25(20)26-4-2-5-28-27(12-13-29(39)31(28)34)30(26)21-6-9-23(10-7-21)40-24-14-17-38(19-24)16-3-15-33;/h6-13,18,24,39H,2-5,14-17,19H2,1H3;1H4/t24-;/m0./s1. The molecule has 8 heteroatoms. The van der Waals surface area contributed by atoms with Gasteiger partial charge < -0.3 is 9.84 Å². The minimum Gasteiger partial charge on any atom is -0.505 e. The van der Waals surface area contributed by atoms with Crippen LogP contribution in [0.5, 0.6) is 11.5 Å². The number of alkyl halides is 4. The summed E-state index contributed by atoms with van der Waals surface area (Å²) >= 11 is 0. The van der Waals surface area contributed by atoms with Crippen LogP contribution >= 0.6 is 0 Å². The van der Waals surface area contributed by atoms with E-state index in [9.17, 15) is 22.7 Å². The van der Waals surface area contributed by atoms with Crippen molar-refractivity contribution in [1.82, 2.24) is 4.90 Å². The third kappa shape index (κ3) is 6.58. The molecule has 3 aromatic rings. The zero-order valence-corrected chi connectivity index (χ0v) is 22.3. The Morgan fingerprint density at radius 2 is 1.73 bits per heavy atom. The number of ether oxygens (including phenoxy) is 1. The second-order valence-corrected chi connectivity index (χ2v) is 10.6. The largest absolute Gasteiger partial charge is 0.505 e. The van der Waals surface area contributed by atoms with Gasteiger partial charge in [0, 0.05) is 19.6 Å². The highest BCUT2D eigenvalue weighted by Gasteiger charge is 2.31. The lowest BCUT2D eigenvalue weighted by Gasteiger charge is -2.20. The second kappa shape index (κ2) is 12.6. The average Bonchev–Trinajstić information content (AvgIpc) is 3.28. The first kappa shape index (κ1) is 30.6. The molecule has 1 heterocycles. The summed E-state index contributed by atoms with van der Waals surface area (Å²) in [5.41, 5.74) is 3.84. The molecule has 0 spiro atoms. The SMILES string of the molecule is C.Cc1cc(C(F)(F)F)ccc1C1=C(c2ccc(O[C@H]3CCN(CCCF)C3)cc2)c2ccc(O)c(F)c2CCC1. The van der Waals surface area contributed by atoms with Crippen LogP contribution in [0.2, 0.25) is 0 Å². The Labute approximate surface area is 238 Å². The number of halogens is 5. The smallest absolute Gasteiger partial charge is 0.416 e. The first-order chi connectivity index (χ1) is 19.2. The predicted octanol–water partition coefficient (Wildman–Crippen LogP) is 8.60. The van der Waals surface area contributed by atoms with Gasteiger partial charge in [0.05, 0.1) is 12.2 Å². The Morgan fingerprint density at radius 1 is 1.00 bits per heavy atom. The van der Waals surface area contributed by atoms with Crippen molar-refractivity contribution in [2.75, 3.05) is 26.3 Å². The van der Waals surface area contributed by atoms with Crippen LogP contribution in [-0.4, -0.2) is 42.4 Å². The van der Waals surface area contributed by atoms with Crippen molar-refractivity contribution in [2.24, 2.45) is 0 Å². The summed E-state index contributed by atoms with van der Waals surface area (Å²) in [6.07, 6.45) is -1.57. The predicted molar refractivity (Wildman–Crippen MR) is 152 cm³/mol. The Bertz CT molecular complexity index is 1400. The van der Waals surface area contributed by atoms with Crippen molar-refractivity contribution >= 4 is 11.1 Å². The van der Waals surface area contributed by atoms with Crippen LogP contribution in [0.15, 0.2) is 54.6 Å². The van der Waals surface area contributed by atoms with Crippen molar-refractivity contribution in [2.45, 2.75) is 58.7 Å². The van der Waals surface area contributed by atoms with Gasteiger partial charge >= 0.3 is 6.18 Å². The van der Waals surface area contributed by atoms with E-state index in [0.29, 0.717) is 60.2 Å². The fourth-order valence-corrected chi connectivity index (χ4v) is 5.87. The van der Waals surface area contributed by atoms with Crippen molar-refractivity contribution in [1.29, 1.82) is 0 Å². The molecule has 0 saturated carbocycles. The summed E-state index contributed by atoms with van der Waals surface area (Å²) in [5, 5.41) is 10.1. The van der Waals surface area contributed by atoms with Crippen molar-refractivity contribution in [3.05, 3.63) is 93.8 Å². The van der Waals surface area contributed by atoms with Gasteiger partial charge in [-0.05, 0) is 108 Å². The van der Waals surface area contributed by atoms with Gasteiger partial charge in [-0.2, -0.15) is 13.2 Å². The van der Waals surface area contributed by atoms with E-state index in [1.54, 1.807) is 13.0 Å². The first-order valence-electron chi connectivity index (χ1n) is 13.6. The van der Waals surface area contributed by atoms with E-state index in [2.05, 4.69) is 4.90 Å². The number of hydrogen-bond donors (Lipinski definition) is 1. The number of phenolic OH excluding ortho intramolecular Hbond substituents is 1. The molecule has 0 radical (unpaired) electrons. The Kier molecular flexibility index (Phi) is 9.42. The highest BCUT2D eigenvalue weighted by atomic mass is 19.4. The minimum absolute atomic E-state index is 0. The highest BCUT2D eigenvalue weighted by Crippen LogP contribution is 2.43. The quantitative estimate of drug-likeness (QED) is 0.287. The summed E-state index contributed by atoms with van der Waals surface area (Å²) in [5.74, 6) is -0.410. The van der Waals surface area contributed by atoms with Crippen molar-refractivity contribution in [3.63, 3.8) is 0 Å². The van der Waals surface area contributed by atoms with Gasteiger partial charge in [-0.1, -0.05) is 31.7 Å². The first-order valence-corrected chi connectivity index (χ1v) is 13.6. The molecule has 0 aromatic heterocycles. The summed E-state index contributed by atoms with van der Waals surface area (Å²) in [6.45, 7) is 3.63. The Morgan fingerprint density at radius 3 is 2.41 bits per heavy atom. The van der Waals surface area contributed by atoms with Gasteiger partial charge in [0.15, 0.2) is 11.6 Å². The number of likely N-dealkylation sites (tertiary alicyclic amines) is 1. The molecule has 5 rings (SSSR count). The van der Waals surface area contributed by atoms with Crippen LogP contribution in [0.3, 0.4) is 0 Å². The fraction of sp³-hybridized carbons (Fsp3) is 0.394. The number of phenols is 1. The second-order valence-electron chi connectivity index (χ2n) is 10.6. The summed E-state index contributed by atoms with van der Waals surface area (Å²) in [6, 6.07) is 14.2. The number of fused-ring (bicyclic) bond motifs is 1. The van der Waals surface area contributed by atoms with E-state index in [0.717, 1.165) is 48.4 Å². The third-order valence-electron chi connectivity index (χ3n) is 7.81. The molecule has 1 aliphatic heterocycles. The van der Waals surface area contributed by atoms with Crippen molar-refractivity contribution < 1.29 is 31.8 Å². The molecule has 0 amide bonds. The van der Waals surface area contributed by atoms with E-state index in [1.807, 2.05) is 24.3 Å².